The van der Waals surface area contributed by atoms with Gasteiger partial charge in [-0.2, -0.15) is 5.26 Å². The number of hydrogen-bond acceptors (Lipinski definition) is 3. The molecule has 0 aliphatic carbocycles. The van der Waals surface area contributed by atoms with Crippen molar-refractivity contribution < 1.29 is 9.59 Å². The third kappa shape index (κ3) is 1.91. The van der Waals surface area contributed by atoms with Gasteiger partial charge in [0.1, 0.15) is 12.6 Å². The SMILES string of the molecule is CC(=O)N[C@H]1C(=O)N(CC#N)c2c(Cl)cccc21. The summed E-state index contributed by atoms with van der Waals surface area (Å²) >= 11 is 6.05. The van der Waals surface area contributed by atoms with Crippen LogP contribution in [-0.4, -0.2) is 18.4 Å². The van der Waals surface area contributed by atoms with E-state index < -0.39 is 6.04 Å². The number of amides is 2. The second-order valence-corrected chi connectivity index (χ2v) is 4.30. The van der Waals surface area contributed by atoms with E-state index in [9.17, 15) is 9.59 Å². The van der Waals surface area contributed by atoms with E-state index in [4.69, 9.17) is 16.9 Å². The number of anilines is 1. The number of benzene rings is 1. The van der Waals surface area contributed by atoms with Crippen molar-refractivity contribution in [1.29, 1.82) is 5.26 Å². The first-order valence-corrected chi connectivity index (χ1v) is 5.68. The van der Waals surface area contributed by atoms with Crippen molar-refractivity contribution >= 4 is 29.1 Å². The van der Waals surface area contributed by atoms with E-state index in [0.717, 1.165) is 0 Å². The van der Waals surface area contributed by atoms with Crippen LogP contribution in [0.2, 0.25) is 5.02 Å². The number of carbonyl (C=O) groups excluding carboxylic acids is 2. The zero-order chi connectivity index (χ0) is 13.3. The lowest BCUT2D eigenvalue weighted by Crippen LogP contribution is -2.36. The fourth-order valence-electron chi connectivity index (χ4n) is 2.02. The summed E-state index contributed by atoms with van der Waals surface area (Å²) in [6.45, 7) is 1.25. The molecule has 1 heterocycles. The lowest BCUT2D eigenvalue weighted by Gasteiger charge is -2.14. The van der Waals surface area contributed by atoms with Crippen LogP contribution in [0, 0.1) is 11.3 Å². The van der Waals surface area contributed by atoms with Gasteiger partial charge in [0.25, 0.3) is 5.91 Å². The Labute approximate surface area is 109 Å². The summed E-state index contributed by atoms with van der Waals surface area (Å²) in [5, 5.41) is 11.7. The Morgan fingerprint density at radius 2 is 2.33 bits per heavy atom. The van der Waals surface area contributed by atoms with Crippen LogP contribution in [0.4, 0.5) is 5.69 Å². The van der Waals surface area contributed by atoms with Gasteiger partial charge < -0.3 is 5.32 Å². The molecule has 0 radical (unpaired) electrons. The van der Waals surface area contributed by atoms with Gasteiger partial charge >= 0.3 is 0 Å². The summed E-state index contributed by atoms with van der Waals surface area (Å²) in [6.07, 6.45) is 0. The number of nitriles is 1. The molecule has 1 aliphatic heterocycles. The quantitative estimate of drug-likeness (QED) is 0.820. The highest BCUT2D eigenvalue weighted by Gasteiger charge is 2.38. The molecule has 1 atom stereocenters. The normalized spacial score (nSPS) is 17.3. The van der Waals surface area contributed by atoms with Gasteiger partial charge in [-0.05, 0) is 6.07 Å². The molecule has 2 amide bonds. The molecule has 6 heteroatoms. The minimum Gasteiger partial charge on any atom is -0.341 e. The highest BCUT2D eigenvalue weighted by atomic mass is 35.5. The van der Waals surface area contributed by atoms with Gasteiger partial charge in [-0.15, -0.1) is 0 Å². The predicted octanol–water partition coefficient (Wildman–Crippen LogP) is 1.39. The van der Waals surface area contributed by atoms with E-state index in [0.29, 0.717) is 16.3 Å². The molecule has 0 unspecified atom stereocenters. The number of nitrogens with one attached hydrogen (secondary N) is 1. The number of para-hydroxylation sites is 1. The van der Waals surface area contributed by atoms with Gasteiger partial charge in [0.15, 0.2) is 0 Å². The second kappa shape index (κ2) is 4.67. The number of rotatable bonds is 2. The molecular weight excluding hydrogens is 254 g/mol. The zero-order valence-corrected chi connectivity index (χ0v) is 10.4. The number of carbonyl (C=O) groups is 2. The summed E-state index contributed by atoms with van der Waals surface area (Å²) in [4.78, 5) is 24.6. The molecule has 1 aromatic carbocycles. The molecular formula is C12H10ClN3O2. The van der Waals surface area contributed by atoms with Crippen LogP contribution in [-0.2, 0) is 9.59 Å². The van der Waals surface area contributed by atoms with Crippen molar-refractivity contribution in [3.05, 3.63) is 28.8 Å². The number of fused-ring (bicyclic) bond motifs is 1. The Bertz CT molecular complexity index is 565. The molecule has 1 N–H and O–H groups in total. The molecule has 5 nitrogen and oxygen atoms in total. The third-order valence-electron chi connectivity index (χ3n) is 2.69. The van der Waals surface area contributed by atoms with Gasteiger partial charge in [0.2, 0.25) is 5.91 Å². The van der Waals surface area contributed by atoms with E-state index in [1.165, 1.54) is 11.8 Å². The lowest BCUT2D eigenvalue weighted by molar-refractivity contribution is -0.126. The van der Waals surface area contributed by atoms with Crippen molar-refractivity contribution in [2.45, 2.75) is 13.0 Å². The van der Waals surface area contributed by atoms with Crippen LogP contribution in [0.3, 0.4) is 0 Å². The van der Waals surface area contributed by atoms with Crippen molar-refractivity contribution in [3.8, 4) is 6.07 Å². The van der Waals surface area contributed by atoms with Crippen LogP contribution in [0.5, 0.6) is 0 Å². The Morgan fingerprint density at radius 1 is 1.61 bits per heavy atom. The lowest BCUT2D eigenvalue weighted by atomic mass is 10.1. The number of hydrogen-bond donors (Lipinski definition) is 1. The highest BCUT2D eigenvalue weighted by molar-refractivity contribution is 6.34. The Kier molecular flexibility index (Phi) is 3.21. The summed E-state index contributed by atoms with van der Waals surface area (Å²) < 4.78 is 0. The number of halogens is 1. The summed E-state index contributed by atoms with van der Waals surface area (Å²) in [5.41, 5.74) is 1.13. The van der Waals surface area contributed by atoms with Crippen molar-refractivity contribution in [1.82, 2.24) is 5.32 Å². The molecule has 18 heavy (non-hydrogen) atoms. The first-order chi connectivity index (χ1) is 8.56. The molecule has 0 bridgehead atoms. The molecule has 0 fully saturated rings. The average molecular weight is 264 g/mol. The van der Waals surface area contributed by atoms with Gasteiger partial charge in [-0.3, -0.25) is 14.5 Å². The van der Waals surface area contributed by atoms with Gasteiger partial charge in [-0.1, -0.05) is 23.7 Å². The second-order valence-electron chi connectivity index (χ2n) is 3.89. The number of nitrogens with zero attached hydrogens (tertiary/aromatic N) is 2. The fraction of sp³-hybridized carbons (Fsp3) is 0.250. The predicted molar refractivity (Wildman–Crippen MR) is 66.0 cm³/mol. The summed E-state index contributed by atoms with van der Waals surface area (Å²) in [6, 6.07) is 6.23. The maximum atomic E-state index is 12.1. The van der Waals surface area contributed by atoms with E-state index in [1.54, 1.807) is 18.2 Å². The van der Waals surface area contributed by atoms with E-state index in [2.05, 4.69) is 5.32 Å². The molecule has 92 valence electrons. The smallest absolute Gasteiger partial charge is 0.255 e. The summed E-state index contributed by atoms with van der Waals surface area (Å²) in [5.74, 6) is -0.645. The molecule has 0 aromatic heterocycles. The zero-order valence-electron chi connectivity index (χ0n) is 9.61. The van der Waals surface area contributed by atoms with Crippen LogP contribution in [0.1, 0.15) is 18.5 Å². The molecule has 0 saturated carbocycles. The molecule has 2 rings (SSSR count). The molecule has 1 aromatic rings. The van der Waals surface area contributed by atoms with Crippen LogP contribution in [0.25, 0.3) is 0 Å². The van der Waals surface area contributed by atoms with E-state index >= 15 is 0 Å². The summed E-state index contributed by atoms with van der Waals surface area (Å²) in [7, 11) is 0. The van der Waals surface area contributed by atoms with E-state index in [1.807, 2.05) is 6.07 Å². The molecule has 0 saturated heterocycles. The van der Waals surface area contributed by atoms with Gasteiger partial charge in [0.05, 0.1) is 16.8 Å². The largest absolute Gasteiger partial charge is 0.341 e. The maximum absolute atomic E-state index is 12.1. The van der Waals surface area contributed by atoms with Gasteiger partial charge in [-0.25, -0.2) is 0 Å². The Morgan fingerprint density at radius 3 is 2.94 bits per heavy atom. The average Bonchev–Trinajstić information content (AvgIpc) is 2.56. The first kappa shape index (κ1) is 12.4. The maximum Gasteiger partial charge on any atom is 0.255 e. The first-order valence-electron chi connectivity index (χ1n) is 5.30. The standard InChI is InChI=1S/C12H10ClN3O2/c1-7(17)15-10-8-3-2-4-9(13)11(8)16(6-5-14)12(10)18/h2-4,10H,6H2,1H3,(H,15,17)/t10-/m1/s1. The van der Waals surface area contributed by atoms with Crippen molar-refractivity contribution in [3.63, 3.8) is 0 Å². The van der Waals surface area contributed by atoms with Gasteiger partial charge in [0, 0.05) is 12.5 Å². The Hall–Kier alpha value is -2.06. The highest BCUT2D eigenvalue weighted by Crippen LogP contribution is 2.40. The Balaban J connectivity index is 2.51. The topological polar surface area (TPSA) is 73.2 Å². The van der Waals surface area contributed by atoms with Crippen LogP contribution < -0.4 is 10.2 Å². The molecule has 0 spiro atoms. The molecule has 1 aliphatic rings. The van der Waals surface area contributed by atoms with Crippen molar-refractivity contribution in [2.24, 2.45) is 0 Å². The monoisotopic (exact) mass is 263 g/mol. The minimum atomic E-state index is -0.760. The van der Waals surface area contributed by atoms with Crippen molar-refractivity contribution in [2.75, 3.05) is 11.4 Å². The van der Waals surface area contributed by atoms with Crippen LogP contribution >= 0.6 is 11.6 Å². The minimum absolute atomic E-state index is 0.0916. The van der Waals surface area contributed by atoms with Crippen LogP contribution in [0.15, 0.2) is 18.2 Å². The third-order valence-corrected chi connectivity index (χ3v) is 2.99. The fourth-order valence-corrected chi connectivity index (χ4v) is 2.30. The van der Waals surface area contributed by atoms with E-state index in [-0.39, 0.29) is 18.4 Å².